The summed E-state index contributed by atoms with van der Waals surface area (Å²) in [5, 5.41) is 2.35. The minimum atomic E-state index is 0.00762. The first-order chi connectivity index (χ1) is 25.9. The van der Waals surface area contributed by atoms with E-state index in [1.807, 2.05) is 12.3 Å². The van der Waals surface area contributed by atoms with Crippen LogP contribution in [0.2, 0.25) is 0 Å². The van der Waals surface area contributed by atoms with Gasteiger partial charge in [-0.15, -0.1) is 0 Å². The Morgan fingerprint density at radius 3 is 2.08 bits per heavy atom. The summed E-state index contributed by atoms with van der Waals surface area (Å²) in [6, 6.07) is 55.5. The van der Waals surface area contributed by atoms with Crippen molar-refractivity contribution in [1.29, 1.82) is 0 Å². The van der Waals surface area contributed by atoms with Crippen molar-refractivity contribution in [3.05, 3.63) is 182 Å². The van der Waals surface area contributed by atoms with Crippen LogP contribution in [-0.4, -0.2) is 16.2 Å². The van der Waals surface area contributed by atoms with Crippen LogP contribution in [0.3, 0.4) is 0 Å². The zero-order valence-electron chi connectivity index (χ0n) is 30.1. The van der Waals surface area contributed by atoms with Crippen LogP contribution in [0.1, 0.15) is 26.3 Å². The van der Waals surface area contributed by atoms with E-state index in [0.29, 0.717) is 6.67 Å². The van der Waals surface area contributed by atoms with Gasteiger partial charge < -0.3 is 14.5 Å². The van der Waals surface area contributed by atoms with Gasteiger partial charge in [0.1, 0.15) is 17.3 Å². The fraction of sp³-hybridized carbons (Fsp3) is 0.104. The quantitative estimate of drug-likeness (QED) is 0.167. The molecule has 0 fully saturated rings. The highest BCUT2D eigenvalue weighted by molar-refractivity contribution is 6.09. The lowest BCUT2D eigenvalue weighted by molar-refractivity contribution is 0.483. The molecule has 258 valence electrons. The number of hydrogen-bond donors (Lipinski definition) is 0. The van der Waals surface area contributed by atoms with Crippen molar-refractivity contribution in [3.8, 4) is 39.6 Å². The highest BCUT2D eigenvalue weighted by Gasteiger charge is 2.21. The fourth-order valence-electron chi connectivity index (χ4n) is 7.31. The first kappa shape index (κ1) is 32.3. The molecule has 2 aromatic heterocycles. The van der Waals surface area contributed by atoms with Gasteiger partial charge in [-0.25, -0.2) is 4.98 Å². The predicted molar refractivity (Wildman–Crippen MR) is 220 cm³/mol. The number of pyridine rings is 1. The number of fused-ring (bicyclic) bond motifs is 3. The highest BCUT2D eigenvalue weighted by atomic mass is 16.5. The summed E-state index contributed by atoms with van der Waals surface area (Å²) in [5.74, 6) is 2.45. The van der Waals surface area contributed by atoms with E-state index in [9.17, 15) is 0 Å². The molecule has 1 aliphatic rings. The Hall–Kier alpha value is -6.59. The van der Waals surface area contributed by atoms with E-state index in [1.54, 1.807) is 0 Å². The van der Waals surface area contributed by atoms with Crippen molar-refractivity contribution in [2.75, 3.05) is 16.5 Å². The molecule has 53 heavy (non-hydrogen) atoms. The molecule has 0 saturated heterocycles. The van der Waals surface area contributed by atoms with Crippen LogP contribution in [0.15, 0.2) is 176 Å². The van der Waals surface area contributed by atoms with Crippen molar-refractivity contribution in [1.82, 2.24) is 9.55 Å². The third kappa shape index (κ3) is 6.21. The van der Waals surface area contributed by atoms with E-state index in [-0.39, 0.29) is 5.41 Å². The number of aromatic nitrogens is 2. The molecule has 0 unspecified atom stereocenters. The highest BCUT2D eigenvalue weighted by Crippen LogP contribution is 2.39. The van der Waals surface area contributed by atoms with Crippen molar-refractivity contribution < 1.29 is 4.74 Å². The zero-order chi connectivity index (χ0) is 35.9. The average Bonchev–Trinajstić information content (AvgIpc) is 3.82. The maximum Gasteiger partial charge on any atom is 0.137 e. The first-order valence-electron chi connectivity index (χ1n) is 18.1. The Balaban J connectivity index is 1.02. The number of para-hydroxylation sites is 1. The number of nitrogens with zero attached hydrogens (tertiary/aromatic N) is 4. The third-order valence-corrected chi connectivity index (χ3v) is 10.1. The van der Waals surface area contributed by atoms with Gasteiger partial charge in [0.15, 0.2) is 0 Å². The second-order valence-corrected chi connectivity index (χ2v) is 14.6. The summed E-state index contributed by atoms with van der Waals surface area (Å²) in [7, 11) is 0. The molecule has 5 heteroatoms. The Morgan fingerprint density at radius 1 is 0.547 bits per heavy atom. The fourth-order valence-corrected chi connectivity index (χ4v) is 7.31. The second-order valence-electron chi connectivity index (χ2n) is 14.6. The summed E-state index contributed by atoms with van der Waals surface area (Å²) in [4.78, 5) is 9.41. The zero-order valence-corrected chi connectivity index (χ0v) is 30.1. The van der Waals surface area contributed by atoms with Crippen LogP contribution in [0.5, 0.6) is 11.5 Å². The number of anilines is 2. The summed E-state index contributed by atoms with van der Waals surface area (Å²) >= 11 is 0. The standard InChI is InChI=1S/C48H40N4O/c1-48(2,3)37-25-26-49-47(30-37)52-44-20-11-10-19-42(44)43-24-22-40(32-46(43)52)53-39-18-12-17-38(31-39)50-27-28-51(33-50)45-29-36(34-13-6-4-7-14-34)21-23-41(45)35-15-8-5-9-16-35/h4-32H,33H2,1-3H3. The van der Waals surface area contributed by atoms with Gasteiger partial charge in [0.25, 0.3) is 0 Å². The van der Waals surface area contributed by atoms with Gasteiger partial charge in [-0.1, -0.05) is 118 Å². The monoisotopic (exact) mass is 688 g/mol. The molecule has 3 heterocycles. The Morgan fingerprint density at radius 2 is 1.26 bits per heavy atom. The molecular formula is C48H40N4O. The van der Waals surface area contributed by atoms with E-state index in [4.69, 9.17) is 9.72 Å². The van der Waals surface area contributed by atoms with Crippen molar-refractivity contribution in [3.63, 3.8) is 0 Å². The first-order valence-corrected chi connectivity index (χ1v) is 18.1. The van der Waals surface area contributed by atoms with Crippen molar-refractivity contribution in [2.45, 2.75) is 26.2 Å². The summed E-state index contributed by atoms with van der Waals surface area (Å²) in [6.07, 6.45) is 6.23. The van der Waals surface area contributed by atoms with Gasteiger partial charge in [-0.2, -0.15) is 0 Å². The Kier molecular flexibility index (Phi) is 8.04. The molecule has 0 N–H and O–H groups in total. The van der Waals surface area contributed by atoms with E-state index in [2.05, 4.69) is 199 Å². The van der Waals surface area contributed by atoms with Crippen LogP contribution in [0.4, 0.5) is 11.4 Å². The molecule has 0 spiro atoms. The Labute approximate surface area is 310 Å². The summed E-state index contributed by atoms with van der Waals surface area (Å²) in [5.41, 5.74) is 10.4. The normalized spacial score (nSPS) is 13.0. The molecule has 9 rings (SSSR count). The van der Waals surface area contributed by atoms with Gasteiger partial charge in [0.05, 0.1) is 23.4 Å². The van der Waals surface area contributed by atoms with Crippen LogP contribution in [-0.2, 0) is 5.41 Å². The molecular weight excluding hydrogens is 649 g/mol. The summed E-state index contributed by atoms with van der Waals surface area (Å²) in [6.45, 7) is 7.38. The topological polar surface area (TPSA) is 33.5 Å². The van der Waals surface area contributed by atoms with E-state index in [1.165, 1.54) is 33.2 Å². The number of hydrogen-bond acceptors (Lipinski definition) is 4. The van der Waals surface area contributed by atoms with Gasteiger partial charge in [-0.05, 0) is 76.2 Å². The largest absolute Gasteiger partial charge is 0.457 e. The Bertz CT molecular complexity index is 2620. The number of ether oxygens (including phenoxy) is 1. The maximum absolute atomic E-state index is 6.61. The van der Waals surface area contributed by atoms with Crippen LogP contribution < -0.4 is 14.5 Å². The molecule has 1 aliphatic heterocycles. The predicted octanol–water partition coefficient (Wildman–Crippen LogP) is 12.4. The SMILES string of the molecule is CC(C)(C)c1ccnc(-n2c3ccccc3c3ccc(Oc4cccc(N5C=CN(c6cc(-c7ccccc7)ccc6-c6ccccc6)C5)c4)cc32)c1. The van der Waals surface area contributed by atoms with Crippen LogP contribution >= 0.6 is 0 Å². The molecule has 0 saturated carbocycles. The number of benzene rings is 6. The third-order valence-electron chi connectivity index (χ3n) is 10.1. The molecule has 0 aliphatic carbocycles. The molecule has 0 radical (unpaired) electrons. The van der Waals surface area contributed by atoms with E-state index < -0.39 is 0 Å². The lowest BCUT2D eigenvalue weighted by Gasteiger charge is -2.25. The molecule has 8 aromatic rings. The molecule has 6 aromatic carbocycles. The summed E-state index contributed by atoms with van der Waals surface area (Å²) < 4.78 is 8.86. The van der Waals surface area contributed by atoms with Crippen molar-refractivity contribution in [2.24, 2.45) is 0 Å². The average molecular weight is 689 g/mol. The smallest absolute Gasteiger partial charge is 0.137 e. The van der Waals surface area contributed by atoms with Gasteiger partial charge in [0, 0.05) is 52.8 Å². The lowest BCUT2D eigenvalue weighted by Crippen LogP contribution is -2.25. The van der Waals surface area contributed by atoms with Crippen LogP contribution in [0, 0.1) is 0 Å². The van der Waals surface area contributed by atoms with Crippen molar-refractivity contribution >= 4 is 33.2 Å². The molecule has 0 amide bonds. The van der Waals surface area contributed by atoms with E-state index >= 15 is 0 Å². The maximum atomic E-state index is 6.61. The molecule has 5 nitrogen and oxygen atoms in total. The van der Waals surface area contributed by atoms with Crippen LogP contribution in [0.25, 0.3) is 49.9 Å². The van der Waals surface area contributed by atoms with Gasteiger partial charge in [0.2, 0.25) is 0 Å². The minimum Gasteiger partial charge on any atom is -0.457 e. The van der Waals surface area contributed by atoms with E-state index in [0.717, 1.165) is 45.1 Å². The molecule has 0 atom stereocenters. The second kappa shape index (κ2) is 13.2. The minimum absolute atomic E-state index is 0.00762. The number of rotatable bonds is 7. The lowest BCUT2D eigenvalue weighted by atomic mass is 9.88. The molecule has 0 bridgehead atoms. The van der Waals surface area contributed by atoms with Gasteiger partial charge >= 0.3 is 0 Å². The van der Waals surface area contributed by atoms with Gasteiger partial charge in [-0.3, -0.25) is 4.57 Å².